The molecule has 0 amide bonds. The van der Waals surface area contributed by atoms with Crippen LogP contribution < -0.4 is 5.73 Å². The van der Waals surface area contributed by atoms with Crippen LogP contribution in [0.1, 0.15) is 50.0 Å². The summed E-state index contributed by atoms with van der Waals surface area (Å²) in [5, 5.41) is 20.4. The van der Waals surface area contributed by atoms with Crippen LogP contribution in [0, 0.1) is 10.1 Å². The zero-order valence-electron chi connectivity index (χ0n) is 15.4. The molecule has 1 saturated heterocycles. The third-order valence-corrected chi connectivity index (χ3v) is 5.61. The first-order valence-corrected chi connectivity index (χ1v) is 10.2. The lowest BCUT2D eigenvalue weighted by atomic mass is 10.1. The Morgan fingerprint density at radius 2 is 2.33 bits per heavy atom. The maximum atomic E-state index is 11.0. The molecule has 1 aliphatic rings. The van der Waals surface area contributed by atoms with Crippen LogP contribution in [-0.2, 0) is 17.0 Å². The topological polar surface area (TPSA) is 109 Å². The fourth-order valence-corrected chi connectivity index (χ4v) is 4.09. The molecule has 2 heterocycles. The van der Waals surface area contributed by atoms with Crippen LogP contribution in [0.3, 0.4) is 0 Å². The van der Waals surface area contributed by atoms with E-state index in [1.807, 2.05) is 6.07 Å². The third-order valence-electron chi connectivity index (χ3n) is 4.58. The molecule has 9 heteroatoms. The minimum absolute atomic E-state index is 0.0968. The molecule has 8 nitrogen and oxygen atoms in total. The molecule has 1 aromatic heterocycles. The Morgan fingerprint density at radius 1 is 1.48 bits per heavy atom. The second kappa shape index (κ2) is 9.29. The molecular weight excluding hydrogens is 366 g/mol. The highest BCUT2D eigenvalue weighted by molar-refractivity contribution is 7.98. The van der Waals surface area contributed by atoms with Crippen molar-refractivity contribution in [2.24, 2.45) is 5.73 Å². The Morgan fingerprint density at radius 3 is 3.04 bits per heavy atom. The molecule has 3 rings (SSSR count). The highest BCUT2D eigenvalue weighted by Crippen LogP contribution is 2.27. The molecular formula is C18H25N5O3S. The van der Waals surface area contributed by atoms with Gasteiger partial charge >= 0.3 is 0 Å². The number of hydrogen-bond donors (Lipinski definition) is 1. The van der Waals surface area contributed by atoms with Gasteiger partial charge in [0.15, 0.2) is 11.0 Å². The lowest BCUT2D eigenvalue weighted by molar-refractivity contribution is -0.384. The first-order chi connectivity index (χ1) is 13.1. The average molecular weight is 391 g/mol. The largest absolute Gasteiger partial charge is 0.376 e. The van der Waals surface area contributed by atoms with Crippen molar-refractivity contribution in [1.82, 2.24) is 14.8 Å². The highest BCUT2D eigenvalue weighted by atomic mass is 32.2. The van der Waals surface area contributed by atoms with Crippen LogP contribution in [0.5, 0.6) is 0 Å². The van der Waals surface area contributed by atoms with E-state index in [0.29, 0.717) is 12.3 Å². The fourth-order valence-electron chi connectivity index (χ4n) is 3.19. The molecule has 2 N–H and O–H groups in total. The van der Waals surface area contributed by atoms with Gasteiger partial charge in [0.1, 0.15) is 0 Å². The summed E-state index contributed by atoms with van der Waals surface area (Å²) in [5.41, 5.74) is 7.28. The molecule has 146 valence electrons. The first-order valence-electron chi connectivity index (χ1n) is 9.25. The SMILES string of the molecule is CCCC(N)c1nnc(SCc2cccc([N+](=O)[O-])c2)n1CC1CCCO1. The van der Waals surface area contributed by atoms with E-state index < -0.39 is 0 Å². The molecule has 0 spiro atoms. The van der Waals surface area contributed by atoms with Gasteiger partial charge in [-0.2, -0.15) is 0 Å². The van der Waals surface area contributed by atoms with Gasteiger partial charge in [-0.05, 0) is 24.8 Å². The Hall–Kier alpha value is -1.97. The number of thioether (sulfide) groups is 1. The molecule has 0 bridgehead atoms. The lowest BCUT2D eigenvalue weighted by Crippen LogP contribution is -2.22. The van der Waals surface area contributed by atoms with Crippen LogP contribution in [0.4, 0.5) is 5.69 Å². The second-order valence-corrected chi connectivity index (χ2v) is 7.64. The molecule has 1 aliphatic heterocycles. The van der Waals surface area contributed by atoms with Crippen LogP contribution in [0.15, 0.2) is 29.4 Å². The van der Waals surface area contributed by atoms with Gasteiger partial charge in [0, 0.05) is 24.5 Å². The third kappa shape index (κ3) is 5.06. The maximum Gasteiger partial charge on any atom is 0.269 e. The van der Waals surface area contributed by atoms with Crippen molar-refractivity contribution in [3.8, 4) is 0 Å². The van der Waals surface area contributed by atoms with Crippen molar-refractivity contribution >= 4 is 17.4 Å². The summed E-state index contributed by atoms with van der Waals surface area (Å²) < 4.78 is 7.85. The van der Waals surface area contributed by atoms with Crippen molar-refractivity contribution in [1.29, 1.82) is 0 Å². The number of rotatable bonds is 9. The van der Waals surface area contributed by atoms with Crippen LogP contribution in [-0.4, -0.2) is 32.4 Å². The van der Waals surface area contributed by atoms with E-state index in [-0.39, 0.29) is 22.8 Å². The maximum absolute atomic E-state index is 11.0. The molecule has 0 aliphatic carbocycles. The number of benzene rings is 1. The Balaban J connectivity index is 1.77. The number of nitro benzene ring substituents is 1. The minimum Gasteiger partial charge on any atom is -0.376 e. The molecule has 0 radical (unpaired) electrons. The summed E-state index contributed by atoms with van der Waals surface area (Å²) in [7, 11) is 0. The van der Waals surface area contributed by atoms with Crippen molar-refractivity contribution in [2.45, 2.75) is 62.2 Å². The summed E-state index contributed by atoms with van der Waals surface area (Å²) >= 11 is 1.52. The Labute approximate surface area is 162 Å². The normalized spacial score (nSPS) is 17.9. The summed E-state index contributed by atoms with van der Waals surface area (Å²) in [6, 6.07) is 6.52. The Bertz CT molecular complexity index is 776. The molecule has 2 aromatic rings. The molecule has 0 saturated carbocycles. The quantitative estimate of drug-likeness (QED) is 0.396. The number of nitrogens with two attached hydrogens (primary N) is 1. The number of nitrogens with zero attached hydrogens (tertiary/aromatic N) is 4. The van der Waals surface area contributed by atoms with Gasteiger partial charge in [0.25, 0.3) is 5.69 Å². The standard InChI is InChI=1S/C18H25N5O3S/c1-2-5-16(19)17-20-21-18(22(17)11-15-8-4-9-26-15)27-12-13-6-3-7-14(10-13)23(24)25/h3,6-7,10,15-16H,2,4-5,8-9,11-12,19H2,1H3. The number of ether oxygens (including phenoxy) is 1. The van der Waals surface area contributed by atoms with Gasteiger partial charge in [-0.3, -0.25) is 10.1 Å². The van der Waals surface area contributed by atoms with Crippen LogP contribution in [0.25, 0.3) is 0 Å². The number of aromatic nitrogens is 3. The van der Waals surface area contributed by atoms with Gasteiger partial charge in [-0.1, -0.05) is 37.2 Å². The predicted octanol–water partition coefficient (Wildman–Crippen LogP) is 3.46. The summed E-state index contributed by atoms with van der Waals surface area (Å²) in [5.74, 6) is 1.36. The first kappa shape index (κ1) is 19.8. The summed E-state index contributed by atoms with van der Waals surface area (Å²) in [6.45, 7) is 3.58. The van der Waals surface area contributed by atoms with Gasteiger partial charge < -0.3 is 15.0 Å². The van der Waals surface area contributed by atoms with E-state index in [2.05, 4.69) is 21.7 Å². The predicted molar refractivity (Wildman–Crippen MR) is 103 cm³/mol. The van der Waals surface area contributed by atoms with E-state index in [1.54, 1.807) is 12.1 Å². The van der Waals surface area contributed by atoms with E-state index >= 15 is 0 Å². The molecule has 1 fully saturated rings. The van der Waals surface area contributed by atoms with Crippen LogP contribution in [0.2, 0.25) is 0 Å². The van der Waals surface area contributed by atoms with Gasteiger partial charge in [-0.25, -0.2) is 0 Å². The van der Waals surface area contributed by atoms with E-state index in [9.17, 15) is 10.1 Å². The highest BCUT2D eigenvalue weighted by Gasteiger charge is 2.23. The van der Waals surface area contributed by atoms with Crippen molar-refractivity contribution in [2.75, 3.05) is 6.61 Å². The molecule has 2 atom stereocenters. The number of nitro groups is 1. The monoisotopic (exact) mass is 391 g/mol. The average Bonchev–Trinajstić information content (AvgIpc) is 3.31. The summed E-state index contributed by atoms with van der Waals surface area (Å²) in [6.07, 6.45) is 4.07. The van der Waals surface area contributed by atoms with Crippen molar-refractivity contribution < 1.29 is 9.66 Å². The van der Waals surface area contributed by atoms with Crippen molar-refractivity contribution in [3.63, 3.8) is 0 Å². The number of hydrogen-bond acceptors (Lipinski definition) is 7. The smallest absolute Gasteiger partial charge is 0.269 e. The second-order valence-electron chi connectivity index (χ2n) is 6.70. The van der Waals surface area contributed by atoms with Gasteiger partial charge in [0.05, 0.1) is 23.6 Å². The van der Waals surface area contributed by atoms with Crippen LogP contribution >= 0.6 is 11.8 Å². The minimum atomic E-state index is -0.379. The lowest BCUT2D eigenvalue weighted by Gasteiger charge is -2.17. The van der Waals surface area contributed by atoms with E-state index in [1.165, 1.54) is 17.8 Å². The van der Waals surface area contributed by atoms with Crippen molar-refractivity contribution in [3.05, 3.63) is 45.8 Å². The Kier molecular flexibility index (Phi) is 6.81. The zero-order valence-corrected chi connectivity index (χ0v) is 16.2. The summed E-state index contributed by atoms with van der Waals surface area (Å²) in [4.78, 5) is 10.6. The molecule has 27 heavy (non-hydrogen) atoms. The van der Waals surface area contributed by atoms with E-state index in [4.69, 9.17) is 10.5 Å². The number of non-ortho nitro benzene ring substituents is 1. The zero-order chi connectivity index (χ0) is 19.2. The van der Waals surface area contributed by atoms with E-state index in [0.717, 1.165) is 48.8 Å². The molecule has 2 unspecified atom stereocenters. The van der Waals surface area contributed by atoms with Gasteiger partial charge in [0.2, 0.25) is 0 Å². The fraction of sp³-hybridized carbons (Fsp3) is 0.556. The molecule has 1 aromatic carbocycles. The van der Waals surface area contributed by atoms with Gasteiger partial charge in [-0.15, -0.1) is 10.2 Å².